The Morgan fingerprint density at radius 3 is 2.80 bits per heavy atom. The Kier molecular flexibility index (Phi) is 4.54. The summed E-state index contributed by atoms with van der Waals surface area (Å²) in [5, 5.41) is 11.7. The molecular weight excluding hydrogens is 278 g/mol. The fourth-order valence-electron chi connectivity index (χ4n) is 1.78. The first-order valence-corrected chi connectivity index (χ1v) is 7.31. The molecule has 0 heterocycles. The van der Waals surface area contributed by atoms with Crippen LogP contribution in [0.1, 0.15) is 12.8 Å². The van der Waals surface area contributed by atoms with E-state index >= 15 is 0 Å². The lowest BCUT2D eigenvalue weighted by Crippen LogP contribution is -2.35. The third-order valence-electron chi connectivity index (χ3n) is 3.34. The second-order valence-corrected chi connectivity index (χ2v) is 5.88. The van der Waals surface area contributed by atoms with Gasteiger partial charge in [0.05, 0.1) is 18.3 Å². The Bertz CT molecular complexity index is 514. The average Bonchev–Trinajstić information content (AvgIpc) is 3.24. The Balaban J connectivity index is 1.76. The maximum absolute atomic E-state index is 11.7. The number of carboxylic acids is 1. The molecule has 0 aromatic heterocycles. The highest BCUT2D eigenvalue weighted by Crippen LogP contribution is 2.45. The third kappa shape index (κ3) is 3.66. The van der Waals surface area contributed by atoms with E-state index in [4.69, 9.17) is 9.84 Å². The van der Waals surface area contributed by atoms with Gasteiger partial charge in [0.2, 0.25) is 5.91 Å². The quantitative estimate of drug-likeness (QED) is 0.750. The van der Waals surface area contributed by atoms with E-state index < -0.39 is 11.4 Å². The van der Waals surface area contributed by atoms with Crippen molar-refractivity contribution in [1.29, 1.82) is 0 Å². The average molecular weight is 295 g/mol. The zero-order valence-corrected chi connectivity index (χ0v) is 12.0. The first-order valence-electron chi connectivity index (χ1n) is 6.33. The van der Waals surface area contributed by atoms with Crippen LogP contribution in [0.15, 0.2) is 29.2 Å². The topological polar surface area (TPSA) is 75.6 Å². The van der Waals surface area contributed by atoms with Gasteiger partial charge >= 0.3 is 5.97 Å². The molecule has 1 aromatic carbocycles. The lowest BCUT2D eigenvalue weighted by Gasteiger charge is -2.11. The Hall–Kier alpha value is -1.69. The highest BCUT2D eigenvalue weighted by Gasteiger charge is 2.50. The Morgan fingerprint density at radius 1 is 1.45 bits per heavy atom. The summed E-state index contributed by atoms with van der Waals surface area (Å²) < 4.78 is 5.11. The molecular formula is C14H17NO4S. The van der Waals surface area contributed by atoms with Gasteiger partial charge in [0.1, 0.15) is 5.75 Å². The molecule has 1 fully saturated rings. The monoisotopic (exact) mass is 295 g/mol. The molecule has 1 aliphatic rings. The summed E-state index contributed by atoms with van der Waals surface area (Å²) >= 11 is 1.40. The van der Waals surface area contributed by atoms with E-state index in [1.54, 1.807) is 7.11 Å². The van der Waals surface area contributed by atoms with E-state index in [9.17, 15) is 9.59 Å². The molecule has 0 saturated heterocycles. The molecule has 1 aliphatic carbocycles. The summed E-state index contributed by atoms with van der Waals surface area (Å²) in [5.74, 6) is 0.0462. The molecule has 0 spiro atoms. The van der Waals surface area contributed by atoms with E-state index in [1.165, 1.54) is 11.8 Å². The second-order valence-electron chi connectivity index (χ2n) is 4.83. The van der Waals surface area contributed by atoms with Crippen molar-refractivity contribution in [3.8, 4) is 5.75 Å². The van der Waals surface area contributed by atoms with Gasteiger partial charge in [-0.3, -0.25) is 9.59 Å². The maximum atomic E-state index is 11.7. The molecule has 0 radical (unpaired) electrons. The highest BCUT2D eigenvalue weighted by atomic mass is 32.2. The van der Waals surface area contributed by atoms with Crippen molar-refractivity contribution in [2.75, 3.05) is 19.4 Å². The van der Waals surface area contributed by atoms with Gasteiger partial charge < -0.3 is 15.2 Å². The second kappa shape index (κ2) is 6.17. The van der Waals surface area contributed by atoms with Crippen LogP contribution in [0.4, 0.5) is 0 Å². The number of benzene rings is 1. The molecule has 0 unspecified atom stereocenters. The molecule has 0 bridgehead atoms. The van der Waals surface area contributed by atoms with Crippen LogP contribution in [0.3, 0.4) is 0 Å². The number of rotatable bonds is 7. The Morgan fingerprint density at radius 2 is 2.20 bits per heavy atom. The smallest absolute Gasteiger partial charge is 0.311 e. The number of carbonyl (C=O) groups is 2. The minimum atomic E-state index is -0.821. The standard InChI is InChI=1S/C14H17NO4S/c1-19-10-3-2-4-11(7-10)20-8-12(16)15-9-14(5-6-14)13(17)18/h2-4,7H,5-6,8-9H2,1H3,(H,15,16)(H,17,18). The first-order chi connectivity index (χ1) is 9.55. The van der Waals surface area contributed by atoms with Gasteiger partial charge in [-0.1, -0.05) is 6.07 Å². The summed E-state index contributed by atoms with van der Waals surface area (Å²) in [5.41, 5.74) is -0.712. The SMILES string of the molecule is COc1cccc(SCC(=O)NCC2(C(=O)O)CC2)c1. The normalized spacial score (nSPS) is 15.4. The number of aliphatic carboxylic acids is 1. The first kappa shape index (κ1) is 14.7. The van der Waals surface area contributed by atoms with Crippen molar-refractivity contribution >= 4 is 23.6 Å². The summed E-state index contributed by atoms with van der Waals surface area (Å²) in [6, 6.07) is 7.47. The lowest BCUT2D eigenvalue weighted by atomic mass is 10.1. The van der Waals surface area contributed by atoms with Crippen LogP contribution < -0.4 is 10.1 Å². The molecule has 1 aromatic rings. The third-order valence-corrected chi connectivity index (χ3v) is 4.34. The van der Waals surface area contributed by atoms with Crippen molar-refractivity contribution in [2.24, 2.45) is 5.41 Å². The zero-order valence-electron chi connectivity index (χ0n) is 11.2. The van der Waals surface area contributed by atoms with Gasteiger partial charge in [-0.15, -0.1) is 11.8 Å². The predicted molar refractivity (Wildman–Crippen MR) is 76.0 cm³/mol. The van der Waals surface area contributed by atoms with Crippen LogP contribution in [0.25, 0.3) is 0 Å². The highest BCUT2D eigenvalue weighted by molar-refractivity contribution is 8.00. The largest absolute Gasteiger partial charge is 0.497 e. The van der Waals surface area contributed by atoms with Gasteiger partial charge in [-0.05, 0) is 31.0 Å². The number of amides is 1. The van der Waals surface area contributed by atoms with Crippen molar-refractivity contribution < 1.29 is 19.4 Å². The molecule has 0 atom stereocenters. The van der Waals surface area contributed by atoms with Crippen molar-refractivity contribution in [3.63, 3.8) is 0 Å². The summed E-state index contributed by atoms with van der Waals surface area (Å²) in [6.45, 7) is 0.222. The van der Waals surface area contributed by atoms with Crippen molar-refractivity contribution in [3.05, 3.63) is 24.3 Å². The molecule has 108 valence electrons. The summed E-state index contributed by atoms with van der Waals surface area (Å²) in [4.78, 5) is 23.6. The molecule has 2 rings (SSSR count). The van der Waals surface area contributed by atoms with Crippen LogP contribution in [-0.2, 0) is 9.59 Å². The minimum Gasteiger partial charge on any atom is -0.497 e. The van der Waals surface area contributed by atoms with Crippen LogP contribution in [0, 0.1) is 5.41 Å². The van der Waals surface area contributed by atoms with E-state index in [2.05, 4.69) is 5.32 Å². The minimum absolute atomic E-state index is 0.148. The lowest BCUT2D eigenvalue weighted by molar-refractivity contribution is -0.143. The zero-order chi connectivity index (χ0) is 14.6. The number of thioether (sulfide) groups is 1. The Labute approximate surface area is 121 Å². The molecule has 6 heteroatoms. The van der Waals surface area contributed by atoms with Gasteiger partial charge in [0.15, 0.2) is 0 Å². The number of ether oxygens (including phenoxy) is 1. The fourth-order valence-corrected chi connectivity index (χ4v) is 2.55. The number of hydrogen-bond acceptors (Lipinski definition) is 4. The van der Waals surface area contributed by atoms with Gasteiger partial charge in [0.25, 0.3) is 0 Å². The fraction of sp³-hybridized carbons (Fsp3) is 0.429. The molecule has 20 heavy (non-hydrogen) atoms. The van der Waals surface area contributed by atoms with Crippen molar-refractivity contribution in [2.45, 2.75) is 17.7 Å². The number of carboxylic acid groups (broad SMARTS) is 1. The predicted octanol–water partition coefficient (Wildman–Crippen LogP) is 1.77. The number of nitrogens with one attached hydrogen (secondary N) is 1. The van der Waals surface area contributed by atoms with E-state index in [1.807, 2.05) is 24.3 Å². The van der Waals surface area contributed by atoms with Crippen LogP contribution in [0.5, 0.6) is 5.75 Å². The van der Waals surface area contributed by atoms with E-state index in [-0.39, 0.29) is 18.2 Å². The number of hydrogen-bond donors (Lipinski definition) is 2. The summed E-state index contributed by atoms with van der Waals surface area (Å²) in [6.07, 6.45) is 1.29. The van der Waals surface area contributed by atoms with Crippen molar-refractivity contribution in [1.82, 2.24) is 5.32 Å². The molecule has 0 aliphatic heterocycles. The van der Waals surface area contributed by atoms with Crippen LogP contribution in [-0.4, -0.2) is 36.4 Å². The number of methoxy groups -OCH3 is 1. The van der Waals surface area contributed by atoms with Crippen LogP contribution >= 0.6 is 11.8 Å². The molecule has 1 saturated carbocycles. The molecule has 1 amide bonds. The molecule has 5 nitrogen and oxygen atoms in total. The maximum Gasteiger partial charge on any atom is 0.311 e. The van der Waals surface area contributed by atoms with Gasteiger partial charge in [-0.25, -0.2) is 0 Å². The molecule has 2 N–H and O–H groups in total. The van der Waals surface area contributed by atoms with E-state index in [0.29, 0.717) is 12.8 Å². The van der Waals surface area contributed by atoms with Gasteiger partial charge in [-0.2, -0.15) is 0 Å². The summed E-state index contributed by atoms with van der Waals surface area (Å²) in [7, 11) is 1.59. The van der Waals surface area contributed by atoms with E-state index in [0.717, 1.165) is 10.6 Å². The van der Waals surface area contributed by atoms with Crippen LogP contribution in [0.2, 0.25) is 0 Å². The van der Waals surface area contributed by atoms with Gasteiger partial charge in [0, 0.05) is 11.4 Å². The number of carbonyl (C=O) groups excluding carboxylic acids is 1.